The fourth-order valence-electron chi connectivity index (χ4n) is 2.79. The van der Waals surface area contributed by atoms with E-state index in [1.165, 1.54) is 11.3 Å². The average Bonchev–Trinajstić information content (AvgIpc) is 3.29. The first-order valence-corrected chi connectivity index (χ1v) is 10.8. The van der Waals surface area contributed by atoms with Crippen molar-refractivity contribution in [3.8, 4) is 11.3 Å². The molecule has 32 heavy (non-hydrogen) atoms. The molecule has 0 aliphatic rings. The molecule has 1 heterocycles. The summed E-state index contributed by atoms with van der Waals surface area (Å²) in [5.41, 5.74) is 5.25. The lowest BCUT2D eigenvalue weighted by molar-refractivity contribution is 0.243. The molecule has 3 aromatic carbocycles. The molecule has 0 radical (unpaired) electrons. The summed E-state index contributed by atoms with van der Waals surface area (Å²) in [4.78, 5) is 30.1. The molecule has 9 heteroatoms. The number of para-hydroxylation sites is 2. The van der Waals surface area contributed by atoms with Crippen molar-refractivity contribution in [3.63, 3.8) is 0 Å². The van der Waals surface area contributed by atoms with E-state index in [4.69, 9.17) is 11.6 Å². The number of anilines is 3. The smallest absolute Gasteiger partial charge is 0.307 e. The van der Waals surface area contributed by atoms with Gasteiger partial charge in [-0.25, -0.2) is 20.0 Å². The zero-order chi connectivity index (χ0) is 22.3. The van der Waals surface area contributed by atoms with Gasteiger partial charge in [0.1, 0.15) is 0 Å². The molecule has 0 atom stereocenters. The van der Waals surface area contributed by atoms with Crippen LogP contribution in [0.15, 0.2) is 90.3 Å². The van der Waals surface area contributed by atoms with Gasteiger partial charge in [-0.3, -0.25) is 0 Å². The van der Waals surface area contributed by atoms with Crippen LogP contribution in [0.5, 0.6) is 0 Å². The first-order chi connectivity index (χ1) is 15.6. The summed E-state index contributed by atoms with van der Waals surface area (Å²) in [6.07, 6.45) is 0. The Balaban J connectivity index is 1.57. The maximum atomic E-state index is 13.0. The normalized spacial score (nSPS) is 10.3. The Morgan fingerprint density at radius 2 is 1.41 bits per heavy atom. The number of hydrazine groups is 1. The molecule has 0 aliphatic heterocycles. The number of halogens is 1. The molecule has 0 spiro atoms. The number of aromatic nitrogens is 1. The topological polar surface area (TPSA) is 86.4 Å². The fraction of sp³-hybridized carbons (Fsp3) is 0. The maximum absolute atomic E-state index is 13.0. The molecule has 4 rings (SSSR count). The number of nitrogens with one attached hydrogen (secondary N) is 3. The van der Waals surface area contributed by atoms with Crippen LogP contribution in [0, 0.1) is 0 Å². The number of rotatable bonds is 4. The molecule has 0 saturated carbocycles. The van der Waals surface area contributed by atoms with Gasteiger partial charge in [-0.1, -0.05) is 60.1 Å². The van der Waals surface area contributed by atoms with Crippen molar-refractivity contribution in [3.05, 3.63) is 95.3 Å². The van der Waals surface area contributed by atoms with Crippen LogP contribution in [-0.4, -0.2) is 17.0 Å². The molecule has 1 aromatic heterocycles. The lowest BCUT2D eigenvalue weighted by Gasteiger charge is -2.21. The highest BCUT2D eigenvalue weighted by Crippen LogP contribution is 2.28. The highest BCUT2D eigenvalue weighted by atomic mass is 35.5. The van der Waals surface area contributed by atoms with Gasteiger partial charge in [0.2, 0.25) is 5.13 Å². The molecule has 0 fully saturated rings. The summed E-state index contributed by atoms with van der Waals surface area (Å²) in [5.74, 6) is 0. The summed E-state index contributed by atoms with van der Waals surface area (Å²) in [7, 11) is 0. The third kappa shape index (κ3) is 5.42. The first-order valence-electron chi connectivity index (χ1n) is 9.59. The van der Waals surface area contributed by atoms with Gasteiger partial charge >= 0.3 is 12.1 Å². The summed E-state index contributed by atoms with van der Waals surface area (Å²) >= 11 is 7.19. The standard InChI is InChI=1S/C23H18ClN5O2S/c24-17-13-11-16(12-14-17)20-15-32-23(27-20)29(22(31)26-19-9-5-2-6-10-19)28-21(30)25-18-7-3-1-4-8-18/h1-15H,(H,26,31)(H2,25,28,30). The van der Waals surface area contributed by atoms with Crippen LogP contribution in [0.3, 0.4) is 0 Å². The Bertz CT molecular complexity index is 1200. The van der Waals surface area contributed by atoms with E-state index in [2.05, 4.69) is 21.0 Å². The summed E-state index contributed by atoms with van der Waals surface area (Å²) in [6, 6.07) is 24.0. The minimum Gasteiger partial charge on any atom is -0.307 e. The number of nitrogens with zero attached hydrogens (tertiary/aromatic N) is 2. The Morgan fingerprint density at radius 3 is 2.03 bits per heavy atom. The number of urea groups is 2. The Hall–Kier alpha value is -3.88. The molecule has 0 aliphatic carbocycles. The van der Waals surface area contributed by atoms with Crippen molar-refractivity contribution in [2.45, 2.75) is 0 Å². The zero-order valence-corrected chi connectivity index (χ0v) is 18.2. The van der Waals surface area contributed by atoms with Gasteiger partial charge in [-0.05, 0) is 36.4 Å². The summed E-state index contributed by atoms with van der Waals surface area (Å²) in [5, 5.41) is 9.25. The lowest BCUT2D eigenvalue weighted by atomic mass is 10.2. The van der Waals surface area contributed by atoms with Gasteiger partial charge in [0.15, 0.2) is 0 Å². The summed E-state index contributed by atoms with van der Waals surface area (Å²) < 4.78 is 0. The van der Waals surface area contributed by atoms with E-state index in [0.717, 1.165) is 10.6 Å². The predicted molar refractivity (Wildman–Crippen MR) is 129 cm³/mol. The molecule has 4 aromatic rings. The van der Waals surface area contributed by atoms with Crippen LogP contribution >= 0.6 is 22.9 Å². The van der Waals surface area contributed by atoms with Gasteiger partial charge in [0.05, 0.1) is 5.69 Å². The highest BCUT2D eigenvalue weighted by Gasteiger charge is 2.22. The van der Waals surface area contributed by atoms with E-state index < -0.39 is 12.1 Å². The molecular formula is C23H18ClN5O2S. The second-order valence-corrected chi connectivity index (χ2v) is 7.86. The first kappa shape index (κ1) is 21.4. The van der Waals surface area contributed by atoms with Crippen LogP contribution in [-0.2, 0) is 0 Å². The van der Waals surface area contributed by atoms with E-state index in [1.807, 2.05) is 24.3 Å². The lowest BCUT2D eigenvalue weighted by Crippen LogP contribution is -2.50. The van der Waals surface area contributed by atoms with Crippen molar-refractivity contribution in [1.29, 1.82) is 0 Å². The van der Waals surface area contributed by atoms with Gasteiger partial charge in [-0.2, -0.15) is 5.01 Å². The second-order valence-electron chi connectivity index (χ2n) is 6.59. The maximum Gasteiger partial charge on any atom is 0.347 e. The summed E-state index contributed by atoms with van der Waals surface area (Å²) in [6.45, 7) is 0. The monoisotopic (exact) mass is 463 g/mol. The number of thiazole rings is 1. The predicted octanol–water partition coefficient (Wildman–Crippen LogP) is 6.24. The number of carbonyl (C=O) groups excluding carboxylic acids is 2. The van der Waals surface area contributed by atoms with Crippen molar-refractivity contribution >= 4 is 51.5 Å². The van der Waals surface area contributed by atoms with Crippen molar-refractivity contribution in [2.24, 2.45) is 0 Å². The Morgan fingerprint density at radius 1 is 0.812 bits per heavy atom. The van der Waals surface area contributed by atoms with Gasteiger partial charge in [0, 0.05) is 27.3 Å². The highest BCUT2D eigenvalue weighted by molar-refractivity contribution is 7.14. The van der Waals surface area contributed by atoms with Gasteiger partial charge in [-0.15, -0.1) is 11.3 Å². The fourth-order valence-corrected chi connectivity index (χ4v) is 3.71. The molecule has 0 unspecified atom stereocenters. The van der Waals surface area contributed by atoms with E-state index in [9.17, 15) is 9.59 Å². The molecule has 4 amide bonds. The largest absolute Gasteiger partial charge is 0.347 e. The van der Waals surface area contributed by atoms with Crippen LogP contribution in [0.2, 0.25) is 5.02 Å². The SMILES string of the molecule is O=C(Nc1ccccc1)NN(C(=O)Nc1ccccc1)c1nc(-c2ccc(Cl)cc2)cs1. The number of carbonyl (C=O) groups is 2. The number of hydrogen-bond acceptors (Lipinski definition) is 4. The quantitative estimate of drug-likeness (QED) is 0.313. The number of amides is 4. The molecular weight excluding hydrogens is 446 g/mol. The Labute approximate surface area is 193 Å². The minimum atomic E-state index is -0.581. The van der Waals surface area contributed by atoms with E-state index >= 15 is 0 Å². The number of hydrogen-bond donors (Lipinski definition) is 3. The average molecular weight is 464 g/mol. The van der Waals surface area contributed by atoms with Crippen molar-refractivity contribution in [1.82, 2.24) is 10.4 Å². The zero-order valence-electron chi connectivity index (χ0n) is 16.7. The molecule has 7 nitrogen and oxygen atoms in total. The second kappa shape index (κ2) is 9.95. The molecule has 0 saturated heterocycles. The van der Waals surface area contributed by atoms with Crippen molar-refractivity contribution in [2.75, 3.05) is 15.6 Å². The molecule has 3 N–H and O–H groups in total. The molecule has 0 bridgehead atoms. The van der Waals surface area contributed by atoms with E-state index in [1.54, 1.807) is 66.0 Å². The minimum absolute atomic E-state index is 0.298. The number of benzene rings is 3. The van der Waals surface area contributed by atoms with Crippen LogP contribution in [0.1, 0.15) is 0 Å². The van der Waals surface area contributed by atoms with Crippen LogP contribution < -0.4 is 21.1 Å². The third-order valence-corrected chi connectivity index (χ3v) is 5.37. The third-order valence-electron chi connectivity index (χ3n) is 4.30. The van der Waals surface area contributed by atoms with E-state index in [0.29, 0.717) is 27.2 Å². The molecule has 160 valence electrons. The van der Waals surface area contributed by atoms with Gasteiger partial charge < -0.3 is 10.6 Å². The van der Waals surface area contributed by atoms with E-state index in [-0.39, 0.29) is 0 Å². The van der Waals surface area contributed by atoms with Crippen molar-refractivity contribution < 1.29 is 9.59 Å². The van der Waals surface area contributed by atoms with Crippen LogP contribution in [0.4, 0.5) is 26.1 Å². The van der Waals surface area contributed by atoms with Gasteiger partial charge in [0.25, 0.3) is 0 Å². The van der Waals surface area contributed by atoms with Crippen LogP contribution in [0.25, 0.3) is 11.3 Å². The Kier molecular flexibility index (Phi) is 6.64.